The molecule has 13 nitrogen and oxygen atoms in total. The third-order valence-electron chi connectivity index (χ3n) is 4.44. The maximum absolute atomic E-state index is 12.2. The first-order chi connectivity index (χ1) is 13.7. The summed E-state index contributed by atoms with van der Waals surface area (Å²) in [5, 5.41) is 0. The van der Waals surface area contributed by atoms with E-state index in [0.717, 1.165) is 0 Å². The topological polar surface area (TPSA) is 181 Å². The first kappa shape index (κ1) is 20.4. The summed E-state index contributed by atoms with van der Waals surface area (Å²) in [5.41, 5.74) is 5.13. The Labute approximate surface area is 171 Å². The maximum Gasteiger partial charge on any atom is 0.472 e. The number of carbonyl (C=O) groups excluding carboxylic acids is 1. The van der Waals surface area contributed by atoms with E-state index in [4.69, 9.17) is 24.3 Å². The Bertz CT molecular complexity index is 1070. The first-order valence-corrected chi connectivity index (χ1v) is 10.9. The van der Waals surface area contributed by atoms with Crippen molar-refractivity contribution in [2.24, 2.45) is 0 Å². The van der Waals surface area contributed by atoms with Gasteiger partial charge in [0.25, 0.3) is 5.56 Å². The van der Waals surface area contributed by atoms with Crippen LogP contribution < -0.4 is 11.3 Å². The van der Waals surface area contributed by atoms with Crippen molar-refractivity contribution in [3.63, 3.8) is 0 Å². The Hall–Kier alpha value is -1.83. The number of aromatic amines is 1. The number of carbonyl (C=O) groups is 1. The van der Waals surface area contributed by atoms with E-state index in [1.165, 1.54) is 4.57 Å². The standard InChI is InChI=1S/C14H17BrN5O8P/c1-2-3-6(21)27-9-8-5(4-25-29(23,24)28-8)26-12(9)20-10-7(17-13(20)15)11(22)19-14(16)18-10/h5,8-9,12H,2-4H2,1H3,(H,23,24)(H3,16,18,19,22)/t5-,8-,9-,12-/m1/s1. The number of hydrogen-bond donors (Lipinski definition) is 3. The molecule has 0 saturated carbocycles. The van der Waals surface area contributed by atoms with Crippen LogP contribution in [0.25, 0.3) is 11.2 Å². The molecule has 0 amide bonds. The smallest absolute Gasteiger partial charge is 0.455 e. The lowest BCUT2D eigenvalue weighted by Crippen LogP contribution is -2.41. The molecular formula is C14H17BrN5O8P. The Balaban J connectivity index is 1.80. The number of imidazole rings is 1. The number of phosphoric ester groups is 1. The second-order valence-electron chi connectivity index (χ2n) is 6.48. The van der Waals surface area contributed by atoms with Gasteiger partial charge in [0, 0.05) is 6.42 Å². The molecule has 2 aliphatic heterocycles. The summed E-state index contributed by atoms with van der Waals surface area (Å²) >= 11 is 3.25. The molecule has 4 heterocycles. The highest BCUT2D eigenvalue weighted by Crippen LogP contribution is 2.53. The number of esters is 1. The van der Waals surface area contributed by atoms with Crippen molar-refractivity contribution in [2.45, 2.75) is 44.3 Å². The monoisotopic (exact) mass is 493 g/mol. The molecule has 2 aromatic heterocycles. The number of fused-ring (bicyclic) bond motifs is 2. The van der Waals surface area contributed by atoms with Gasteiger partial charge in [0.2, 0.25) is 5.95 Å². The minimum atomic E-state index is -4.33. The quantitative estimate of drug-likeness (QED) is 0.307. The summed E-state index contributed by atoms with van der Waals surface area (Å²) in [4.78, 5) is 44.6. The third kappa shape index (κ3) is 3.71. The molecule has 2 aliphatic rings. The Morgan fingerprint density at radius 1 is 1.52 bits per heavy atom. The number of rotatable bonds is 4. The minimum Gasteiger partial charge on any atom is -0.455 e. The number of nitrogens with two attached hydrogens (primary N) is 1. The zero-order valence-electron chi connectivity index (χ0n) is 15.0. The summed E-state index contributed by atoms with van der Waals surface area (Å²) in [6.45, 7) is 1.55. The normalized spacial score (nSPS) is 31.7. The number of aromatic nitrogens is 4. The van der Waals surface area contributed by atoms with Gasteiger partial charge in [-0.15, -0.1) is 0 Å². The molecule has 0 aromatic carbocycles. The number of H-pyrrole nitrogens is 1. The van der Waals surface area contributed by atoms with Crippen LogP contribution in [-0.4, -0.2) is 55.3 Å². The largest absolute Gasteiger partial charge is 0.472 e. The van der Waals surface area contributed by atoms with Crippen molar-refractivity contribution in [3.05, 3.63) is 15.1 Å². The Morgan fingerprint density at radius 2 is 2.28 bits per heavy atom. The number of phosphoric acid groups is 1. The number of hydrogen-bond acceptors (Lipinski definition) is 10. The van der Waals surface area contributed by atoms with Gasteiger partial charge in [0.1, 0.15) is 12.2 Å². The van der Waals surface area contributed by atoms with E-state index in [-0.39, 0.29) is 34.9 Å². The molecule has 0 bridgehead atoms. The molecule has 4 N–H and O–H groups in total. The zero-order chi connectivity index (χ0) is 20.9. The predicted molar refractivity (Wildman–Crippen MR) is 99.6 cm³/mol. The molecule has 2 saturated heterocycles. The first-order valence-electron chi connectivity index (χ1n) is 8.64. The number of nitrogen functional groups attached to an aromatic ring is 1. The molecule has 2 aromatic rings. The fourth-order valence-electron chi connectivity index (χ4n) is 3.27. The molecule has 0 spiro atoms. The third-order valence-corrected chi connectivity index (χ3v) is 5.99. The van der Waals surface area contributed by atoms with Crippen LogP contribution in [0.5, 0.6) is 0 Å². The van der Waals surface area contributed by atoms with Gasteiger partial charge < -0.3 is 20.1 Å². The van der Waals surface area contributed by atoms with Crippen molar-refractivity contribution in [1.29, 1.82) is 0 Å². The lowest BCUT2D eigenvalue weighted by atomic mass is 10.1. The fraction of sp³-hybridized carbons (Fsp3) is 0.571. The van der Waals surface area contributed by atoms with E-state index in [9.17, 15) is 19.0 Å². The molecule has 2 fully saturated rings. The van der Waals surface area contributed by atoms with Gasteiger partial charge in [-0.1, -0.05) is 6.92 Å². The summed E-state index contributed by atoms with van der Waals surface area (Å²) in [6.07, 6.45) is -3.41. The van der Waals surface area contributed by atoms with Gasteiger partial charge in [0.15, 0.2) is 28.2 Å². The summed E-state index contributed by atoms with van der Waals surface area (Å²) in [6, 6.07) is 0. The summed E-state index contributed by atoms with van der Waals surface area (Å²) in [7, 11) is -4.33. The van der Waals surface area contributed by atoms with Crippen LogP contribution in [0, 0.1) is 0 Å². The number of anilines is 1. The molecule has 15 heteroatoms. The summed E-state index contributed by atoms with van der Waals surface area (Å²) < 4.78 is 34.8. The fourth-order valence-corrected chi connectivity index (χ4v) is 4.78. The lowest BCUT2D eigenvalue weighted by Gasteiger charge is -2.29. The van der Waals surface area contributed by atoms with E-state index in [1.807, 2.05) is 0 Å². The zero-order valence-corrected chi connectivity index (χ0v) is 17.5. The van der Waals surface area contributed by atoms with Crippen LogP contribution >= 0.6 is 23.8 Å². The van der Waals surface area contributed by atoms with Crippen molar-refractivity contribution in [2.75, 3.05) is 12.3 Å². The predicted octanol–water partition coefficient (Wildman–Crippen LogP) is 0.589. The van der Waals surface area contributed by atoms with Gasteiger partial charge in [-0.05, 0) is 22.4 Å². The number of ether oxygens (including phenoxy) is 2. The summed E-state index contributed by atoms with van der Waals surface area (Å²) in [5.74, 6) is -0.689. The minimum absolute atomic E-state index is 0.0202. The van der Waals surface area contributed by atoms with Crippen LogP contribution in [0.1, 0.15) is 26.0 Å². The molecule has 1 unspecified atom stereocenters. The van der Waals surface area contributed by atoms with E-state index in [1.54, 1.807) is 6.92 Å². The van der Waals surface area contributed by atoms with Gasteiger partial charge in [-0.3, -0.25) is 28.2 Å². The van der Waals surface area contributed by atoms with E-state index in [2.05, 4.69) is 30.9 Å². The Kier molecular flexibility index (Phi) is 5.25. The number of nitrogens with one attached hydrogen (secondary N) is 1. The van der Waals surface area contributed by atoms with Crippen LogP contribution in [0.15, 0.2) is 9.53 Å². The second kappa shape index (κ2) is 7.45. The highest BCUT2D eigenvalue weighted by atomic mass is 79.9. The molecule has 0 aliphatic carbocycles. The highest BCUT2D eigenvalue weighted by molar-refractivity contribution is 9.10. The molecule has 29 heavy (non-hydrogen) atoms. The molecule has 4 rings (SSSR count). The maximum atomic E-state index is 12.2. The van der Waals surface area contributed by atoms with Gasteiger partial charge >= 0.3 is 13.8 Å². The van der Waals surface area contributed by atoms with Crippen LogP contribution in [0.2, 0.25) is 0 Å². The molecule has 5 atom stereocenters. The number of nitrogens with zero attached hydrogens (tertiary/aromatic N) is 3. The van der Waals surface area contributed by atoms with Crippen molar-refractivity contribution < 1.29 is 32.8 Å². The molecule has 158 valence electrons. The molecular weight excluding hydrogens is 477 g/mol. The molecule has 0 radical (unpaired) electrons. The van der Waals surface area contributed by atoms with E-state index >= 15 is 0 Å². The number of halogens is 1. The van der Waals surface area contributed by atoms with Crippen molar-refractivity contribution >= 4 is 46.8 Å². The average Bonchev–Trinajstić information content (AvgIpc) is 3.12. The van der Waals surface area contributed by atoms with Gasteiger partial charge in [-0.25, -0.2) is 9.55 Å². The average molecular weight is 494 g/mol. The van der Waals surface area contributed by atoms with Crippen molar-refractivity contribution in [3.8, 4) is 0 Å². The van der Waals surface area contributed by atoms with Crippen LogP contribution in [0.3, 0.4) is 0 Å². The van der Waals surface area contributed by atoms with Crippen LogP contribution in [-0.2, 0) is 27.9 Å². The van der Waals surface area contributed by atoms with Crippen molar-refractivity contribution in [1.82, 2.24) is 19.5 Å². The van der Waals surface area contributed by atoms with E-state index < -0.39 is 43.9 Å². The van der Waals surface area contributed by atoms with Gasteiger partial charge in [-0.2, -0.15) is 4.98 Å². The van der Waals surface area contributed by atoms with Crippen LogP contribution in [0.4, 0.5) is 5.95 Å². The van der Waals surface area contributed by atoms with E-state index in [0.29, 0.717) is 6.42 Å². The lowest BCUT2D eigenvalue weighted by molar-refractivity contribution is -0.158. The Morgan fingerprint density at radius 3 is 3.00 bits per heavy atom. The second-order valence-corrected chi connectivity index (χ2v) is 8.59. The SMILES string of the molecule is CCCC(=O)O[C@@H]1[C@@H]2OP(=O)(O)OC[C@H]2O[C@H]1n1c(Br)nc2c(=O)[nH]c(N)nc21. The van der Waals surface area contributed by atoms with Gasteiger partial charge in [0.05, 0.1) is 6.61 Å². The highest BCUT2D eigenvalue weighted by Gasteiger charge is 2.55.